The lowest BCUT2D eigenvalue weighted by atomic mass is 10.2. The topological polar surface area (TPSA) is 117 Å². The van der Waals surface area contributed by atoms with Crippen LogP contribution in [-0.4, -0.2) is 43.9 Å². The molecule has 9 nitrogen and oxygen atoms in total. The zero-order chi connectivity index (χ0) is 29.1. The summed E-state index contributed by atoms with van der Waals surface area (Å²) >= 11 is 5.92. The minimum absolute atomic E-state index is 0.0216. The van der Waals surface area contributed by atoms with Crippen molar-refractivity contribution in [2.24, 2.45) is 5.10 Å². The quantitative estimate of drug-likeness (QED) is 0.183. The van der Waals surface area contributed by atoms with E-state index in [1.165, 1.54) is 18.3 Å². The number of rotatable bonds is 12. The molecule has 4 rings (SSSR count). The smallest absolute Gasteiger partial charge is 0.262 e. The molecule has 0 fully saturated rings. The van der Waals surface area contributed by atoms with Crippen molar-refractivity contribution >= 4 is 45.3 Å². The minimum atomic E-state index is -3.94. The van der Waals surface area contributed by atoms with Gasteiger partial charge in [-0.2, -0.15) is 9.41 Å². The van der Waals surface area contributed by atoms with Crippen LogP contribution >= 0.6 is 11.6 Å². The van der Waals surface area contributed by atoms with Crippen LogP contribution in [0.25, 0.3) is 0 Å². The van der Waals surface area contributed by atoms with E-state index < -0.39 is 22.5 Å². The van der Waals surface area contributed by atoms with Gasteiger partial charge < -0.3 is 10.1 Å². The van der Waals surface area contributed by atoms with Gasteiger partial charge in [-0.25, -0.2) is 13.8 Å². The molecule has 0 saturated heterocycles. The molecule has 41 heavy (non-hydrogen) atoms. The average Bonchev–Trinajstić information content (AvgIpc) is 2.97. The normalized spacial score (nSPS) is 11.4. The van der Waals surface area contributed by atoms with Crippen molar-refractivity contribution < 1.29 is 22.7 Å². The highest BCUT2D eigenvalue weighted by atomic mass is 35.5. The van der Waals surface area contributed by atoms with Crippen molar-refractivity contribution in [2.75, 3.05) is 18.5 Å². The summed E-state index contributed by atoms with van der Waals surface area (Å²) in [4.78, 5) is 24.9. The molecule has 0 aromatic heterocycles. The Bertz CT molecular complexity index is 1600. The number of nitrogens with zero attached hydrogens (tertiary/aromatic N) is 2. The number of hydrogen-bond acceptors (Lipinski definition) is 6. The molecular formula is C30H27ClN4O5S. The summed E-state index contributed by atoms with van der Waals surface area (Å²) in [6.07, 6.45) is 1.42. The minimum Gasteiger partial charge on any atom is -0.484 e. The third kappa shape index (κ3) is 9.00. The van der Waals surface area contributed by atoms with Crippen LogP contribution in [0.1, 0.15) is 11.1 Å². The number of anilines is 1. The Hall–Kier alpha value is -4.51. The maximum absolute atomic E-state index is 13.3. The molecule has 0 radical (unpaired) electrons. The van der Waals surface area contributed by atoms with Gasteiger partial charge in [-0.3, -0.25) is 9.59 Å². The van der Waals surface area contributed by atoms with E-state index in [1.54, 1.807) is 91.0 Å². The highest BCUT2D eigenvalue weighted by molar-refractivity contribution is 7.89. The number of halogens is 1. The summed E-state index contributed by atoms with van der Waals surface area (Å²) in [6, 6.07) is 30.5. The Morgan fingerprint density at radius 3 is 2.22 bits per heavy atom. The molecule has 2 amide bonds. The van der Waals surface area contributed by atoms with Crippen molar-refractivity contribution in [3.63, 3.8) is 0 Å². The van der Waals surface area contributed by atoms with Crippen LogP contribution in [0.3, 0.4) is 0 Å². The fourth-order valence-electron chi connectivity index (χ4n) is 3.69. The number of carbonyl (C=O) groups is 2. The molecule has 0 unspecified atom stereocenters. The highest BCUT2D eigenvalue weighted by Crippen LogP contribution is 2.18. The number of hydrazone groups is 1. The number of benzene rings is 4. The average molecular weight is 591 g/mol. The zero-order valence-electron chi connectivity index (χ0n) is 21.8. The standard InChI is InChI=1S/C30H27ClN4O5S/c31-25-10-7-11-26(18-25)33-30(37)22-40-27-16-14-23(15-17-27)19-32-34-29(36)21-35(20-24-8-3-1-4-9-24)41(38,39)28-12-5-2-6-13-28/h1-19H,20-22H2,(H,33,37)(H,34,36)/b32-19+. The fraction of sp³-hybridized carbons (Fsp3) is 0.100. The van der Waals surface area contributed by atoms with E-state index in [9.17, 15) is 18.0 Å². The molecule has 0 atom stereocenters. The molecule has 4 aromatic carbocycles. The monoisotopic (exact) mass is 590 g/mol. The third-order valence-corrected chi connectivity index (χ3v) is 7.70. The Labute approximate surface area is 243 Å². The molecule has 11 heteroatoms. The molecule has 0 aliphatic carbocycles. The van der Waals surface area contributed by atoms with Gasteiger partial charge in [0.1, 0.15) is 5.75 Å². The Kier molecular flexibility index (Phi) is 10.2. The van der Waals surface area contributed by atoms with E-state index in [0.29, 0.717) is 22.0 Å². The largest absolute Gasteiger partial charge is 0.484 e. The number of ether oxygens (including phenoxy) is 1. The molecule has 0 bridgehead atoms. The van der Waals surface area contributed by atoms with Crippen LogP contribution in [0.4, 0.5) is 5.69 Å². The SMILES string of the molecule is O=C(CN(Cc1ccccc1)S(=O)(=O)c1ccccc1)N/N=C/c1ccc(OCC(=O)Nc2cccc(Cl)c2)cc1. The maximum atomic E-state index is 13.3. The number of hydrogen-bond donors (Lipinski definition) is 2. The van der Waals surface area contributed by atoms with Gasteiger partial charge >= 0.3 is 0 Å². The number of nitrogens with one attached hydrogen (secondary N) is 2. The van der Waals surface area contributed by atoms with Crippen LogP contribution in [-0.2, 0) is 26.2 Å². The van der Waals surface area contributed by atoms with Crippen molar-refractivity contribution in [3.05, 3.63) is 125 Å². The van der Waals surface area contributed by atoms with Crippen LogP contribution < -0.4 is 15.5 Å². The fourth-order valence-corrected chi connectivity index (χ4v) is 5.29. The summed E-state index contributed by atoms with van der Waals surface area (Å²) in [6.45, 7) is -0.595. The first-order valence-electron chi connectivity index (χ1n) is 12.5. The second kappa shape index (κ2) is 14.2. The van der Waals surface area contributed by atoms with Gasteiger partial charge in [-0.15, -0.1) is 0 Å². The summed E-state index contributed by atoms with van der Waals surface area (Å²) in [7, 11) is -3.94. The lowest BCUT2D eigenvalue weighted by molar-refractivity contribution is -0.121. The lowest BCUT2D eigenvalue weighted by Gasteiger charge is -2.21. The van der Waals surface area contributed by atoms with Crippen molar-refractivity contribution in [3.8, 4) is 5.75 Å². The second-order valence-electron chi connectivity index (χ2n) is 8.78. The molecule has 0 saturated carbocycles. The van der Waals surface area contributed by atoms with Gasteiger partial charge in [0, 0.05) is 17.3 Å². The molecule has 0 aliphatic rings. The summed E-state index contributed by atoms with van der Waals surface area (Å²) in [5.74, 6) is -0.464. The highest BCUT2D eigenvalue weighted by Gasteiger charge is 2.26. The lowest BCUT2D eigenvalue weighted by Crippen LogP contribution is -2.39. The molecule has 4 aromatic rings. The summed E-state index contributed by atoms with van der Waals surface area (Å²) in [5, 5.41) is 7.16. The molecular weight excluding hydrogens is 564 g/mol. The van der Waals surface area contributed by atoms with Crippen LogP contribution in [0.15, 0.2) is 119 Å². The summed E-state index contributed by atoms with van der Waals surface area (Å²) in [5.41, 5.74) is 4.35. The zero-order valence-corrected chi connectivity index (χ0v) is 23.4. The predicted octanol–water partition coefficient (Wildman–Crippen LogP) is 4.70. The molecule has 0 spiro atoms. The van der Waals surface area contributed by atoms with Crippen LogP contribution in [0.5, 0.6) is 5.75 Å². The first-order valence-corrected chi connectivity index (χ1v) is 14.3. The maximum Gasteiger partial charge on any atom is 0.262 e. The number of sulfonamides is 1. The predicted molar refractivity (Wildman–Crippen MR) is 158 cm³/mol. The van der Waals surface area contributed by atoms with Gasteiger partial charge in [0.15, 0.2) is 6.61 Å². The van der Waals surface area contributed by atoms with E-state index in [4.69, 9.17) is 16.3 Å². The van der Waals surface area contributed by atoms with Gasteiger partial charge in [-0.05, 0) is 65.7 Å². The first kappa shape index (κ1) is 29.5. The number of carbonyl (C=O) groups excluding carboxylic acids is 2. The Morgan fingerprint density at radius 2 is 1.54 bits per heavy atom. The Balaban J connectivity index is 1.31. The van der Waals surface area contributed by atoms with Gasteiger partial charge in [-0.1, -0.05) is 66.2 Å². The van der Waals surface area contributed by atoms with Gasteiger partial charge in [0.2, 0.25) is 10.0 Å². The molecule has 210 valence electrons. The molecule has 2 N–H and O–H groups in total. The van der Waals surface area contributed by atoms with Crippen molar-refractivity contribution in [1.29, 1.82) is 0 Å². The van der Waals surface area contributed by atoms with Crippen molar-refractivity contribution in [1.82, 2.24) is 9.73 Å². The van der Waals surface area contributed by atoms with E-state index in [0.717, 1.165) is 9.87 Å². The second-order valence-corrected chi connectivity index (χ2v) is 11.2. The van der Waals surface area contributed by atoms with Gasteiger partial charge in [0.25, 0.3) is 11.8 Å². The number of amides is 2. The Morgan fingerprint density at radius 1 is 0.854 bits per heavy atom. The van der Waals surface area contributed by atoms with Gasteiger partial charge in [0.05, 0.1) is 17.7 Å². The van der Waals surface area contributed by atoms with Crippen LogP contribution in [0.2, 0.25) is 5.02 Å². The van der Waals surface area contributed by atoms with Crippen molar-refractivity contribution in [2.45, 2.75) is 11.4 Å². The van der Waals surface area contributed by atoms with E-state index in [2.05, 4.69) is 15.8 Å². The van der Waals surface area contributed by atoms with E-state index in [1.807, 2.05) is 6.07 Å². The molecule has 0 aliphatic heterocycles. The van der Waals surface area contributed by atoms with E-state index in [-0.39, 0.29) is 24.0 Å². The molecule has 0 heterocycles. The first-order chi connectivity index (χ1) is 19.8. The van der Waals surface area contributed by atoms with Crippen LogP contribution in [0, 0.1) is 0 Å². The summed E-state index contributed by atoms with van der Waals surface area (Å²) < 4.78 is 33.1. The van der Waals surface area contributed by atoms with E-state index >= 15 is 0 Å². The third-order valence-electron chi connectivity index (χ3n) is 5.66.